The van der Waals surface area contributed by atoms with Crippen molar-refractivity contribution >= 4 is 34.8 Å². The van der Waals surface area contributed by atoms with E-state index in [2.05, 4.69) is 35.5 Å². The van der Waals surface area contributed by atoms with Gasteiger partial charge in [-0.25, -0.2) is 9.78 Å². The van der Waals surface area contributed by atoms with Crippen molar-refractivity contribution in [3.63, 3.8) is 0 Å². The van der Waals surface area contributed by atoms with Gasteiger partial charge in [0.15, 0.2) is 17.0 Å². The first-order valence-corrected chi connectivity index (χ1v) is 16.2. The first-order valence-electron chi connectivity index (χ1n) is 16.2. The molecule has 0 aliphatic heterocycles. The van der Waals surface area contributed by atoms with Crippen molar-refractivity contribution in [2.45, 2.75) is 56.7 Å². The fourth-order valence-corrected chi connectivity index (χ4v) is 6.19. The molecule has 268 valence electrons. The van der Waals surface area contributed by atoms with Crippen LogP contribution >= 0.6 is 0 Å². The van der Waals surface area contributed by atoms with Crippen molar-refractivity contribution in [3.05, 3.63) is 96.1 Å². The number of fused-ring (bicyclic) bond motifs is 1. The Labute approximate surface area is 289 Å². The van der Waals surface area contributed by atoms with E-state index in [1.807, 2.05) is 67.6 Å². The molecule has 1 amide bonds. The van der Waals surface area contributed by atoms with E-state index in [4.69, 9.17) is 0 Å². The summed E-state index contributed by atoms with van der Waals surface area (Å²) in [5.74, 6) is -3.22. The summed E-state index contributed by atoms with van der Waals surface area (Å²) in [6.45, 7) is 2.55. The highest BCUT2D eigenvalue weighted by molar-refractivity contribution is 5.84. The molecular weight excluding hydrogens is 671 g/mol. The van der Waals surface area contributed by atoms with Gasteiger partial charge in [0, 0.05) is 32.1 Å². The van der Waals surface area contributed by atoms with E-state index >= 15 is 0 Å². The highest BCUT2D eigenvalue weighted by atomic mass is 19.4. The van der Waals surface area contributed by atoms with E-state index in [-0.39, 0.29) is 18.4 Å². The van der Waals surface area contributed by atoms with Crippen molar-refractivity contribution < 1.29 is 37.8 Å². The number of nitrogens with one attached hydrogen (secondary N) is 2. The van der Waals surface area contributed by atoms with Gasteiger partial charge < -0.3 is 30.3 Å². The molecule has 0 radical (unpaired) electrons. The molecule has 6 rings (SSSR count). The molecule has 4 N–H and O–H groups in total. The van der Waals surface area contributed by atoms with E-state index in [0.29, 0.717) is 35.0 Å². The maximum Gasteiger partial charge on any atom is 0.493 e. The summed E-state index contributed by atoms with van der Waals surface area (Å²) in [7, 11) is 0. The zero-order valence-electron chi connectivity index (χ0n) is 27.6. The molecule has 0 saturated heterocycles. The molecule has 0 spiro atoms. The summed E-state index contributed by atoms with van der Waals surface area (Å²) in [5.41, 5.74) is 3.65. The number of hydrogen-bond acceptors (Lipinski definition) is 11. The Hall–Kier alpha value is -5.55. The smallest absolute Gasteiger partial charge is 0.388 e. The lowest BCUT2D eigenvalue weighted by Gasteiger charge is -2.21. The average molecular weight is 708 g/mol. The minimum Gasteiger partial charge on any atom is -0.388 e. The third kappa shape index (κ3) is 7.78. The Morgan fingerprint density at radius 3 is 2.24 bits per heavy atom. The lowest BCUT2D eigenvalue weighted by atomic mass is 9.91. The summed E-state index contributed by atoms with van der Waals surface area (Å²) in [5, 5.41) is 33.1. The summed E-state index contributed by atoms with van der Waals surface area (Å²) in [6, 6.07) is 18.6. The zero-order valence-corrected chi connectivity index (χ0v) is 27.6. The number of alkyl halides is 3. The molecule has 4 atom stereocenters. The average Bonchev–Trinajstić information content (AvgIpc) is 3.81. The standard InChI is InChI=1S/C34H36F3N9O5/c1-20-16-41-45(18-20)26-15-25(28(48)29(26)49)44-19-40-27-30(39-17-24(22-9-5-3-6-10-22)23-11-7-4-8-12-23)42-33(43-31(27)44)38-13-14-46(21(2)47)51-32(50)34(35,36)37/h3-12,16,18-19,24-26,28-29,48-49H,13-15,17H2,1-2H3,(H2,38,39,42,43)/t25-,26+,28+,29-/m1/s1. The number of aromatic nitrogens is 6. The molecule has 3 heterocycles. The van der Waals surface area contributed by atoms with Crippen LogP contribution in [-0.4, -0.2) is 94.5 Å². The van der Waals surface area contributed by atoms with Crippen LogP contribution in [0.5, 0.6) is 0 Å². The molecule has 0 bridgehead atoms. The molecule has 17 heteroatoms. The SMILES string of the molecule is CC(=O)N(CCNc1nc(NCC(c2ccccc2)c2ccccc2)c2ncn([C@@H]3C[C@H](n4cc(C)cn4)[C@@H](O)[C@H]3O)c2n1)OC(=O)C(F)(F)F. The number of aliphatic hydroxyl groups is 2. The van der Waals surface area contributed by atoms with E-state index in [9.17, 15) is 33.0 Å². The van der Waals surface area contributed by atoms with Gasteiger partial charge in [0.1, 0.15) is 12.2 Å². The van der Waals surface area contributed by atoms with Gasteiger partial charge in [-0.05, 0) is 30.0 Å². The van der Waals surface area contributed by atoms with Crippen LogP contribution in [0, 0.1) is 6.92 Å². The molecule has 14 nitrogen and oxygen atoms in total. The number of hydroxylamine groups is 2. The number of nitrogens with zero attached hydrogens (tertiary/aromatic N) is 7. The predicted molar refractivity (Wildman–Crippen MR) is 178 cm³/mol. The number of carbonyl (C=O) groups excluding carboxylic acids is 2. The minimum atomic E-state index is -5.29. The van der Waals surface area contributed by atoms with Crippen LogP contribution in [-0.2, 0) is 14.4 Å². The number of anilines is 2. The third-order valence-electron chi connectivity index (χ3n) is 8.72. The number of aryl methyl sites for hydroxylation is 1. The second-order valence-corrected chi connectivity index (χ2v) is 12.2. The van der Waals surface area contributed by atoms with Crippen LogP contribution < -0.4 is 10.6 Å². The van der Waals surface area contributed by atoms with Crippen molar-refractivity contribution in [2.75, 3.05) is 30.3 Å². The predicted octanol–water partition coefficient (Wildman–Crippen LogP) is 3.76. The summed E-state index contributed by atoms with van der Waals surface area (Å²) in [6.07, 6.45) is -2.38. The Morgan fingerprint density at radius 1 is 1.00 bits per heavy atom. The van der Waals surface area contributed by atoms with Crippen LogP contribution in [0.4, 0.5) is 24.9 Å². The first kappa shape index (κ1) is 35.3. The number of halogens is 3. The first-order chi connectivity index (χ1) is 24.4. The highest BCUT2D eigenvalue weighted by Crippen LogP contribution is 2.40. The van der Waals surface area contributed by atoms with E-state index < -0.39 is 48.9 Å². The Morgan fingerprint density at radius 2 is 1.65 bits per heavy atom. The second kappa shape index (κ2) is 14.7. The number of benzene rings is 2. The molecule has 1 fully saturated rings. The lowest BCUT2D eigenvalue weighted by Crippen LogP contribution is -2.39. The quantitative estimate of drug-likeness (QED) is 0.147. The van der Waals surface area contributed by atoms with Crippen molar-refractivity contribution in [1.82, 2.24) is 34.4 Å². The highest BCUT2D eigenvalue weighted by Gasteiger charge is 2.45. The van der Waals surface area contributed by atoms with Crippen LogP contribution in [0.2, 0.25) is 0 Å². The summed E-state index contributed by atoms with van der Waals surface area (Å²) >= 11 is 0. The van der Waals surface area contributed by atoms with E-state index in [1.165, 1.54) is 6.33 Å². The Kier molecular flexibility index (Phi) is 10.2. The third-order valence-corrected chi connectivity index (χ3v) is 8.72. The molecule has 51 heavy (non-hydrogen) atoms. The summed E-state index contributed by atoms with van der Waals surface area (Å²) < 4.78 is 41.7. The molecule has 1 aliphatic rings. The van der Waals surface area contributed by atoms with Gasteiger partial charge in [0.25, 0.3) is 5.91 Å². The van der Waals surface area contributed by atoms with Gasteiger partial charge in [-0.15, -0.1) is 0 Å². The molecular formula is C34H36F3N9O5. The number of carbonyl (C=O) groups is 2. The molecule has 1 aliphatic carbocycles. The maximum absolute atomic E-state index is 12.8. The van der Waals surface area contributed by atoms with Crippen molar-refractivity contribution in [2.24, 2.45) is 0 Å². The maximum atomic E-state index is 12.8. The van der Waals surface area contributed by atoms with Gasteiger partial charge in [-0.3, -0.25) is 9.48 Å². The molecule has 1 saturated carbocycles. The van der Waals surface area contributed by atoms with Gasteiger partial charge >= 0.3 is 12.1 Å². The number of aliphatic hydroxyl groups excluding tert-OH is 2. The van der Waals surface area contributed by atoms with Gasteiger partial charge in [0.2, 0.25) is 5.95 Å². The van der Waals surface area contributed by atoms with Gasteiger partial charge in [-0.1, -0.05) is 60.7 Å². The summed E-state index contributed by atoms with van der Waals surface area (Å²) in [4.78, 5) is 41.4. The molecule has 3 aromatic heterocycles. The molecule has 5 aromatic rings. The largest absolute Gasteiger partial charge is 0.493 e. The zero-order chi connectivity index (χ0) is 36.3. The fraction of sp³-hybridized carbons (Fsp3) is 0.353. The fourth-order valence-electron chi connectivity index (χ4n) is 6.19. The number of amides is 1. The van der Waals surface area contributed by atoms with Crippen molar-refractivity contribution in [3.8, 4) is 0 Å². The van der Waals surface area contributed by atoms with Crippen LogP contribution in [0.15, 0.2) is 79.4 Å². The van der Waals surface area contributed by atoms with E-state index in [0.717, 1.165) is 23.6 Å². The Balaban J connectivity index is 1.31. The normalized spacial score (nSPS) is 19.0. The van der Waals surface area contributed by atoms with Crippen LogP contribution in [0.3, 0.4) is 0 Å². The second-order valence-electron chi connectivity index (χ2n) is 12.2. The monoisotopic (exact) mass is 707 g/mol. The van der Waals surface area contributed by atoms with Crippen LogP contribution in [0.25, 0.3) is 11.2 Å². The topological polar surface area (TPSA) is 173 Å². The van der Waals surface area contributed by atoms with E-state index in [1.54, 1.807) is 21.6 Å². The number of hydrogen-bond donors (Lipinski definition) is 4. The number of imidazole rings is 1. The molecule has 0 unspecified atom stereocenters. The minimum absolute atomic E-state index is 0.0145. The number of rotatable bonds is 11. The Bertz CT molecular complexity index is 1930. The van der Waals surface area contributed by atoms with Crippen molar-refractivity contribution in [1.29, 1.82) is 0 Å². The lowest BCUT2D eigenvalue weighted by molar-refractivity contribution is -0.235. The van der Waals surface area contributed by atoms with Gasteiger partial charge in [-0.2, -0.15) is 33.3 Å². The van der Waals surface area contributed by atoms with Crippen LogP contribution in [0.1, 0.15) is 48.0 Å². The van der Waals surface area contributed by atoms with Gasteiger partial charge in [0.05, 0.1) is 31.2 Å². The molecule has 2 aromatic carbocycles.